The molecule has 0 amide bonds. The first-order chi connectivity index (χ1) is 20.9. The van der Waals surface area contributed by atoms with Crippen molar-refractivity contribution in [1.82, 2.24) is 4.90 Å². The van der Waals surface area contributed by atoms with Crippen molar-refractivity contribution < 1.29 is 49.0 Å². The Kier molecular flexibility index (Phi) is 14.3. The number of carbonyl (C=O) groups is 1. The molecule has 0 aromatic heterocycles. The van der Waals surface area contributed by atoms with E-state index in [1.54, 1.807) is 20.8 Å². The van der Waals surface area contributed by atoms with Gasteiger partial charge in [0.1, 0.15) is 24.4 Å². The zero-order valence-corrected chi connectivity index (χ0v) is 29.0. The molecule has 2 aliphatic rings. The number of methoxy groups -OCH3 is 1. The van der Waals surface area contributed by atoms with E-state index in [1.165, 1.54) is 14.0 Å². The molecule has 2 heterocycles. The number of hydrogen-bond acceptors (Lipinski definition) is 12. The Hall–Kier alpha value is -1.82. The van der Waals surface area contributed by atoms with E-state index in [0.717, 1.165) is 0 Å². The van der Waals surface area contributed by atoms with E-state index >= 15 is 0 Å². The number of nitrogens with zero attached hydrogens (tertiary/aromatic N) is 2. The van der Waals surface area contributed by atoms with Gasteiger partial charge in [-0.05, 0) is 61.1 Å². The molecule has 2 aliphatic heterocycles. The quantitative estimate of drug-likeness (QED) is 0.140. The molecular weight excluding hydrogens is 584 g/mol. The molecule has 12 heteroatoms. The number of terminal acetylenes is 1. The standard InChI is InChI=1S/C33H58N2O10/c1-13-15-42-27-21(6)29(45-31-26(36)23(35(10)11)16-19(4)43-31)32(8,41-12)17-18(3)25(34-40)20(5)28(37)33(9,39)24(14-2)44-30(38)22(27)7/h1,18-24,26-29,31,36-37,39-40H,14-17H2,2-12H3/b34-25+/t18-,19-,20+,21+,22-,23+,24-,26-,27+,28-,29-,31+,32-,33-/m1/s1. The third-order valence-corrected chi connectivity index (χ3v) is 10.00. The molecule has 0 saturated carbocycles. The molecule has 0 bridgehead atoms. The van der Waals surface area contributed by atoms with Gasteiger partial charge in [-0.25, -0.2) is 0 Å². The van der Waals surface area contributed by atoms with E-state index in [4.69, 9.17) is 30.1 Å². The molecule has 0 aromatic carbocycles. The maximum Gasteiger partial charge on any atom is 0.311 e. The molecule has 12 nitrogen and oxygen atoms in total. The van der Waals surface area contributed by atoms with Gasteiger partial charge in [0, 0.05) is 30.9 Å². The van der Waals surface area contributed by atoms with E-state index in [0.29, 0.717) is 6.42 Å². The fourth-order valence-electron chi connectivity index (χ4n) is 7.21. The Morgan fingerprint density at radius 2 is 1.76 bits per heavy atom. The predicted molar refractivity (Wildman–Crippen MR) is 169 cm³/mol. The van der Waals surface area contributed by atoms with Crippen molar-refractivity contribution in [2.75, 3.05) is 27.8 Å². The molecule has 14 atom stereocenters. The number of ether oxygens (including phenoxy) is 5. The van der Waals surface area contributed by atoms with Gasteiger partial charge >= 0.3 is 5.97 Å². The Morgan fingerprint density at radius 3 is 2.27 bits per heavy atom. The largest absolute Gasteiger partial charge is 0.459 e. The second-order valence-electron chi connectivity index (χ2n) is 13.7. The van der Waals surface area contributed by atoms with Crippen LogP contribution in [0.15, 0.2) is 5.16 Å². The molecule has 2 fully saturated rings. The van der Waals surface area contributed by atoms with Crippen LogP contribution in [0.5, 0.6) is 0 Å². The number of hydrogen-bond donors (Lipinski definition) is 4. The summed E-state index contributed by atoms with van der Waals surface area (Å²) in [5, 5.41) is 48.0. The van der Waals surface area contributed by atoms with Crippen molar-refractivity contribution in [1.29, 1.82) is 0 Å². The smallest absolute Gasteiger partial charge is 0.311 e. The molecule has 2 rings (SSSR count). The zero-order chi connectivity index (χ0) is 34.4. The van der Waals surface area contributed by atoms with E-state index in [9.17, 15) is 25.3 Å². The Morgan fingerprint density at radius 1 is 1.13 bits per heavy atom. The molecule has 2 saturated heterocycles. The highest BCUT2D eigenvalue weighted by atomic mass is 16.7. The summed E-state index contributed by atoms with van der Waals surface area (Å²) in [5.41, 5.74) is -2.80. The Balaban J connectivity index is 2.76. The van der Waals surface area contributed by atoms with Crippen LogP contribution in [0.4, 0.5) is 0 Å². The predicted octanol–water partition coefficient (Wildman–Crippen LogP) is 2.43. The van der Waals surface area contributed by atoms with Crippen LogP contribution in [0.2, 0.25) is 0 Å². The Labute approximate surface area is 269 Å². The fourth-order valence-corrected chi connectivity index (χ4v) is 7.21. The van der Waals surface area contributed by atoms with Gasteiger partial charge in [-0.3, -0.25) is 4.79 Å². The lowest BCUT2D eigenvalue weighted by molar-refractivity contribution is -0.302. The number of aliphatic hydroxyl groups is 3. The molecule has 4 N–H and O–H groups in total. The van der Waals surface area contributed by atoms with Crippen molar-refractivity contribution in [3.8, 4) is 12.3 Å². The lowest BCUT2D eigenvalue weighted by Crippen LogP contribution is -2.60. The normalized spacial score (nSPS) is 45.1. The van der Waals surface area contributed by atoms with E-state index in [-0.39, 0.29) is 37.3 Å². The van der Waals surface area contributed by atoms with Crippen LogP contribution >= 0.6 is 0 Å². The summed E-state index contributed by atoms with van der Waals surface area (Å²) in [5.74, 6) is -0.993. The maximum atomic E-state index is 13.7. The van der Waals surface area contributed by atoms with Crippen LogP contribution in [0.3, 0.4) is 0 Å². The van der Waals surface area contributed by atoms with Crippen molar-refractivity contribution in [2.45, 2.75) is 135 Å². The molecular formula is C33H58N2O10. The van der Waals surface area contributed by atoms with Crippen LogP contribution in [0, 0.1) is 36.0 Å². The summed E-state index contributed by atoms with van der Waals surface area (Å²) in [7, 11) is 5.30. The van der Waals surface area contributed by atoms with E-state index < -0.39 is 77.7 Å². The summed E-state index contributed by atoms with van der Waals surface area (Å²) < 4.78 is 31.0. The number of cyclic esters (lactones) is 1. The minimum atomic E-state index is -1.88. The Bertz CT molecular complexity index is 1030. The second-order valence-corrected chi connectivity index (χ2v) is 13.7. The number of likely N-dealkylation sites (N-methyl/N-ethyl adjacent to an activating group) is 1. The van der Waals surface area contributed by atoms with Gasteiger partial charge in [-0.1, -0.05) is 38.8 Å². The molecule has 0 spiro atoms. The number of aliphatic hydroxyl groups excluding tert-OH is 2. The number of carbonyl (C=O) groups excluding carboxylic acids is 1. The van der Waals surface area contributed by atoms with E-state index in [1.807, 2.05) is 46.7 Å². The van der Waals surface area contributed by atoms with Gasteiger partial charge in [-0.2, -0.15) is 0 Å². The lowest BCUT2D eigenvalue weighted by Gasteiger charge is -2.48. The summed E-state index contributed by atoms with van der Waals surface area (Å²) in [4.78, 5) is 15.6. The van der Waals surface area contributed by atoms with E-state index in [2.05, 4.69) is 11.1 Å². The van der Waals surface area contributed by atoms with Crippen LogP contribution in [-0.4, -0.2) is 125 Å². The van der Waals surface area contributed by atoms with Gasteiger partial charge in [0.05, 0.1) is 41.6 Å². The van der Waals surface area contributed by atoms with Crippen LogP contribution in [0.25, 0.3) is 0 Å². The first kappa shape index (κ1) is 39.4. The van der Waals surface area contributed by atoms with Gasteiger partial charge < -0.3 is 49.1 Å². The first-order valence-corrected chi connectivity index (χ1v) is 16.0. The van der Waals surface area contributed by atoms with Crippen molar-refractivity contribution in [3.05, 3.63) is 0 Å². The SMILES string of the molecule is C#CCO[C@H]1[C@H](C)[C@@H](O[C@@H]2O[C@H](C)C[C@H](N(C)C)[C@H]2O)[C@](C)(OC)C[C@@H](C)/C(=N\O)[C@H](C)[C@@H](O)[C@](C)(O)[C@@H](CC)OC(=O)[C@@H]1C. The highest BCUT2D eigenvalue weighted by molar-refractivity contribution is 5.88. The fraction of sp³-hybridized carbons (Fsp3) is 0.879. The topological polar surface area (TPSA) is 160 Å². The van der Waals surface area contributed by atoms with Crippen LogP contribution in [-0.2, 0) is 28.5 Å². The van der Waals surface area contributed by atoms with Gasteiger partial charge in [0.15, 0.2) is 6.29 Å². The van der Waals surface area contributed by atoms with Gasteiger partial charge in [0.2, 0.25) is 0 Å². The molecule has 0 aliphatic carbocycles. The lowest BCUT2D eigenvalue weighted by atomic mass is 9.73. The summed E-state index contributed by atoms with van der Waals surface area (Å²) in [6, 6.07) is -0.239. The average molecular weight is 643 g/mol. The number of esters is 1. The number of oxime groups is 1. The van der Waals surface area contributed by atoms with Crippen molar-refractivity contribution in [3.63, 3.8) is 0 Å². The van der Waals surface area contributed by atoms with Crippen molar-refractivity contribution in [2.24, 2.45) is 28.8 Å². The van der Waals surface area contributed by atoms with Gasteiger partial charge in [0.25, 0.3) is 0 Å². The monoisotopic (exact) mass is 642 g/mol. The van der Waals surface area contributed by atoms with Crippen molar-refractivity contribution >= 4 is 11.7 Å². The molecule has 0 unspecified atom stereocenters. The zero-order valence-electron chi connectivity index (χ0n) is 29.0. The molecule has 0 radical (unpaired) electrons. The molecule has 0 aromatic rings. The summed E-state index contributed by atoms with van der Waals surface area (Å²) in [6.07, 6.45) is 0.0948. The highest BCUT2D eigenvalue weighted by Gasteiger charge is 2.52. The third-order valence-electron chi connectivity index (χ3n) is 10.00. The second kappa shape index (κ2) is 16.3. The molecule has 260 valence electrons. The minimum absolute atomic E-state index is 0.103. The summed E-state index contributed by atoms with van der Waals surface area (Å²) >= 11 is 0. The van der Waals surface area contributed by atoms with Gasteiger partial charge in [-0.15, -0.1) is 6.42 Å². The molecule has 45 heavy (non-hydrogen) atoms. The summed E-state index contributed by atoms with van der Waals surface area (Å²) in [6.45, 7) is 13.8. The first-order valence-electron chi connectivity index (χ1n) is 16.0. The maximum absolute atomic E-state index is 13.7. The highest BCUT2D eigenvalue weighted by Crippen LogP contribution is 2.40. The van der Waals surface area contributed by atoms with Crippen LogP contribution < -0.4 is 0 Å². The number of rotatable bonds is 7. The minimum Gasteiger partial charge on any atom is -0.459 e. The third kappa shape index (κ3) is 8.76. The average Bonchev–Trinajstić information content (AvgIpc) is 2.98. The van der Waals surface area contributed by atoms with Crippen LogP contribution in [0.1, 0.15) is 74.7 Å².